The molecule has 1 aliphatic heterocycles. The highest BCUT2D eigenvalue weighted by molar-refractivity contribution is 5.77. The monoisotopic (exact) mass is 371 g/mol. The highest BCUT2D eigenvalue weighted by Crippen LogP contribution is 2.23. The summed E-state index contributed by atoms with van der Waals surface area (Å²) in [6.07, 6.45) is 0. The summed E-state index contributed by atoms with van der Waals surface area (Å²) in [5.41, 5.74) is 1.15. The molecule has 0 radical (unpaired) electrons. The first-order chi connectivity index (χ1) is 13.2. The van der Waals surface area contributed by atoms with Crippen molar-refractivity contribution >= 4 is 5.91 Å². The minimum Gasteiger partial charge on any atom is -0.497 e. The summed E-state index contributed by atoms with van der Waals surface area (Å²) < 4.78 is 16.3. The van der Waals surface area contributed by atoms with Crippen LogP contribution in [0.5, 0.6) is 17.2 Å². The highest BCUT2D eigenvalue weighted by atomic mass is 16.5. The van der Waals surface area contributed by atoms with E-state index in [9.17, 15) is 4.79 Å². The Morgan fingerprint density at radius 3 is 2.41 bits per heavy atom. The van der Waals surface area contributed by atoms with Crippen molar-refractivity contribution in [2.75, 3.05) is 47.0 Å². The number of para-hydroxylation sites is 1. The van der Waals surface area contributed by atoms with E-state index in [0.717, 1.165) is 55.5 Å². The van der Waals surface area contributed by atoms with Crippen LogP contribution in [0.15, 0.2) is 48.5 Å². The molecule has 144 valence electrons. The van der Waals surface area contributed by atoms with Crippen molar-refractivity contribution < 1.29 is 23.9 Å². The fraction of sp³-hybridized carbons (Fsp3) is 0.381. The van der Waals surface area contributed by atoms with E-state index in [1.54, 1.807) is 14.2 Å². The van der Waals surface area contributed by atoms with Gasteiger partial charge in [0.25, 0.3) is 5.91 Å². The summed E-state index contributed by atoms with van der Waals surface area (Å²) >= 11 is 0. The van der Waals surface area contributed by atoms with Gasteiger partial charge in [-0.05, 0) is 24.3 Å². The van der Waals surface area contributed by atoms with Gasteiger partial charge in [-0.3, -0.25) is 4.79 Å². The number of nitrogens with one attached hydrogen (secondary N) is 1. The van der Waals surface area contributed by atoms with Crippen molar-refractivity contribution in [2.45, 2.75) is 6.54 Å². The fourth-order valence-electron chi connectivity index (χ4n) is 3.27. The molecule has 1 amide bonds. The molecular weight excluding hydrogens is 344 g/mol. The molecule has 0 spiro atoms. The van der Waals surface area contributed by atoms with E-state index in [0.29, 0.717) is 0 Å². The number of methoxy groups -OCH3 is 2. The first kappa shape index (κ1) is 19.0. The van der Waals surface area contributed by atoms with Gasteiger partial charge in [-0.2, -0.15) is 0 Å². The van der Waals surface area contributed by atoms with Gasteiger partial charge in [0.2, 0.25) is 0 Å². The highest BCUT2D eigenvalue weighted by Gasteiger charge is 2.24. The minimum absolute atomic E-state index is 0.0416. The molecule has 1 saturated heterocycles. The van der Waals surface area contributed by atoms with E-state index >= 15 is 0 Å². The van der Waals surface area contributed by atoms with Crippen molar-refractivity contribution in [3.05, 3.63) is 54.1 Å². The van der Waals surface area contributed by atoms with Crippen molar-refractivity contribution in [1.29, 1.82) is 0 Å². The number of benzene rings is 2. The molecule has 6 nitrogen and oxygen atoms in total. The van der Waals surface area contributed by atoms with Gasteiger partial charge in [0.15, 0.2) is 6.61 Å². The largest absolute Gasteiger partial charge is 0.497 e. The lowest BCUT2D eigenvalue weighted by Gasteiger charge is -2.32. The summed E-state index contributed by atoms with van der Waals surface area (Å²) in [5, 5.41) is 0. The average Bonchev–Trinajstić information content (AvgIpc) is 2.73. The average molecular weight is 371 g/mol. The van der Waals surface area contributed by atoms with Crippen LogP contribution in [0.3, 0.4) is 0 Å². The maximum atomic E-state index is 12.4. The van der Waals surface area contributed by atoms with E-state index in [-0.39, 0.29) is 12.5 Å². The Balaban J connectivity index is 1.48. The number of carbonyl (C=O) groups excluding carboxylic acids is 1. The molecule has 1 aliphatic rings. The van der Waals surface area contributed by atoms with Gasteiger partial charge < -0.3 is 24.0 Å². The quantitative estimate of drug-likeness (QED) is 0.789. The number of amides is 1. The van der Waals surface area contributed by atoms with E-state index in [1.165, 1.54) is 4.90 Å². The topological polar surface area (TPSA) is 52.4 Å². The molecule has 3 rings (SSSR count). The summed E-state index contributed by atoms with van der Waals surface area (Å²) in [4.78, 5) is 15.7. The van der Waals surface area contributed by atoms with Crippen LogP contribution >= 0.6 is 0 Å². The fourth-order valence-corrected chi connectivity index (χ4v) is 3.27. The lowest BCUT2D eigenvalue weighted by molar-refractivity contribution is -0.917. The molecule has 6 heteroatoms. The third-order valence-electron chi connectivity index (χ3n) is 4.86. The number of carbonyl (C=O) groups is 1. The molecule has 1 fully saturated rings. The van der Waals surface area contributed by atoms with Gasteiger partial charge in [-0.25, -0.2) is 0 Å². The van der Waals surface area contributed by atoms with Gasteiger partial charge in [-0.15, -0.1) is 0 Å². The second-order valence-electron chi connectivity index (χ2n) is 6.59. The summed E-state index contributed by atoms with van der Waals surface area (Å²) in [7, 11) is 3.33. The molecule has 0 saturated carbocycles. The van der Waals surface area contributed by atoms with Crippen molar-refractivity contribution in [2.24, 2.45) is 0 Å². The Kier molecular flexibility index (Phi) is 6.54. The normalized spacial score (nSPS) is 14.7. The van der Waals surface area contributed by atoms with Gasteiger partial charge in [0.1, 0.15) is 23.8 Å². The van der Waals surface area contributed by atoms with Gasteiger partial charge in [0, 0.05) is 11.6 Å². The third-order valence-corrected chi connectivity index (χ3v) is 4.86. The predicted molar refractivity (Wildman–Crippen MR) is 102 cm³/mol. The molecule has 0 aliphatic carbocycles. The van der Waals surface area contributed by atoms with Crippen LogP contribution in [0.1, 0.15) is 5.56 Å². The van der Waals surface area contributed by atoms with E-state index in [4.69, 9.17) is 14.2 Å². The molecule has 27 heavy (non-hydrogen) atoms. The zero-order valence-corrected chi connectivity index (χ0v) is 15.9. The maximum Gasteiger partial charge on any atom is 0.260 e. The second kappa shape index (κ2) is 9.28. The van der Waals surface area contributed by atoms with Crippen LogP contribution < -0.4 is 19.1 Å². The Morgan fingerprint density at radius 2 is 1.74 bits per heavy atom. The number of rotatable bonds is 7. The predicted octanol–water partition coefficient (Wildman–Crippen LogP) is 1.01. The van der Waals surface area contributed by atoms with Crippen molar-refractivity contribution in [3.8, 4) is 17.2 Å². The zero-order chi connectivity index (χ0) is 19.1. The molecule has 1 heterocycles. The van der Waals surface area contributed by atoms with E-state index < -0.39 is 0 Å². The van der Waals surface area contributed by atoms with Crippen LogP contribution in [-0.4, -0.2) is 57.8 Å². The zero-order valence-electron chi connectivity index (χ0n) is 15.9. The van der Waals surface area contributed by atoms with Crippen LogP contribution in [0.2, 0.25) is 0 Å². The lowest BCUT2D eigenvalue weighted by atomic mass is 10.1. The number of hydrogen-bond donors (Lipinski definition) is 1. The Hall–Kier alpha value is -2.73. The van der Waals surface area contributed by atoms with Crippen molar-refractivity contribution in [3.63, 3.8) is 0 Å². The van der Waals surface area contributed by atoms with Crippen LogP contribution in [-0.2, 0) is 11.3 Å². The van der Waals surface area contributed by atoms with Crippen LogP contribution in [0.4, 0.5) is 0 Å². The molecule has 0 aromatic heterocycles. The van der Waals surface area contributed by atoms with E-state index in [1.807, 2.05) is 47.4 Å². The molecule has 2 aromatic carbocycles. The van der Waals surface area contributed by atoms with Crippen LogP contribution in [0.25, 0.3) is 0 Å². The first-order valence-corrected chi connectivity index (χ1v) is 9.19. The summed E-state index contributed by atoms with van der Waals surface area (Å²) in [6.45, 7) is 4.26. The Bertz CT molecular complexity index is 743. The lowest BCUT2D eigenvalue weighted by Crippen LogP contribution is -3.13. The number of quaternary nitrogens is 1. The minimum atomic E-state index is 0.0416. The molecule has 0 unspecified atom stereocenters. The summed E-state index contributed by atoms with van der Waals surface area (Å²) in [5.74, 6) is 2.40. The molecule has 1 N–H and O–H groups in total. The third kappa shape index (κ3) is 5.14. The summed E-state index contributed by atoms with van der Waals surface area (Å²) in [6, 6.07) is 15.4. The van der Waals surface area contributed by atoms with E-state index in [2.05, 4.69) is 6.07 Å². The molecule has 0 atom stereocenters. The number of piperazine rings is 1. The maximum absolute atomic E-state index is 12.4. The Labute approximate surface area is 160 Å². The second-order valence-corrected chi connectivity index (χ2v) is 6.59. The molecule has 0 bridgehead atoms. The SMILES string of the molecule is COc1ccc(C[NH+]2CCN(C(=O)COc3ccccc3)CC2)c(OC)c1. The van der Waals surface area contributed by atoms with Gasteiger partial charge in [-0.1, -0.05) is 18.2 Å². The van der Waals surface area contributed by atoms with Gasteiger partial charge in [0.05, 0.1) is 40.4 Å². The number of ether oxygens (including phenoxy) is 3. The first-order valence-electron chi connectivity index (χ1n) is 9.19. The van der Waals surface area contributed by atoms with Crippen LogP contribution in [0, 0.1) is 0 Å². The Morgan fingerprint density at radius 1 is 1.00 bits per heavy atom. The van der Waals surface area contributed by atoms with Crippen molar-refractivity contribution in [1.82, 2.24) is 4.90 Å². The molecule has 2 aromatic rings. The smallest absolute Gasteiger partial charge is 0.260 e. The van der Waals surface area contributed by atoms with Gasteiger partial charge >= 0.3 is 0 Å². The number of nitrogens with zero attached hydrogens (tertiary/aromatic N) is 1. The number of hydrogen-bond acceptors (Lipinski definition) is 4. The molecular formula is C21H27N2O4+. The standard InChI is InChI=1S/C21H26N2O4/c1-25-19-9-8-17(20(14-19)26-2)15-22-10-12-23(13-11-22)21(24)16-27-18-6-4-3-5-7-18/h3-9,14H,10-13,15-16H2,1-2H3/p+1.